The van der Waals surface area contributed by atoms with Gasteiger partial charge < -0.3 is 15.3 Å². The zero-order chi connectivity index (χ0) is 16.8. The number of carboxylic acid groups (broad SMARTS) is 1. The zero-order valence-corrected chi connectivity index (χ0v) is 13.8. The highest BCUT2D eigenvalue weighted by molar-refractivity contribution is 5.66. The molecule has 0 aromatic heterocycles. The van der Waals surface area contributed by atoms with Gasteiger partial charge in [0, 0.05) is 5.70 Å². The predicted octanol–water partition coefficient (Wildman–Crippen LogP) is 1.97. The minimum Gasteiger partial charge on any atom is -0.481 e. The van der Waals surface area contributed by atoms with Crippen LogP contribution in [0.15, 0.2) is 11.3 Å². The van der Waals surface area contributed by atoms with E-state index in [-0.39, 0.29) is 31.2 Å². The van der Waals surface area contributed by atoms with Gasteiger partial charge in [0.1, 0.15) is 0 Å². The molecule has 0 aromatic carbocycles. The fraction of sp³-hybridized carbons (Fsp3) is 0.824. The smallest absolute Gasteiger partial charge is 0.305 e. The van der Waals surface area contributed by atoms with Crippen LogP contribution in [0.2, 0.25) is 0 Å². The van der Waals surface area contributed by atoms with Crippen molar-refractivity contribution in [1.82, 2.24) is 5.48 Å². The second-order valence-corrected chi connectivity index (χ2v) is 6.72. The number of rotatable bonds is 11. The Bertz CT molecular complexity index is 437. The zero-order valence-electron chi connectivity index (χ0n) is 13.8. The van der Waals surface area contributed by atoms with Gasteiger partial charge in [-0.15, -0.1) is 0 Å². The summed E-state index contributed by atoms with van der Waals surface area (Å²) in [6, 6.07) is 0. The van der Waals surface area contributed by atoms with E-state index in [9.17, 15) is 15.0 Å². The van der Waals surface area contributed by atoms with Crippen LogP contribution in [0, 0.1) is 11.8 Å². The Hall–Kier alpha value is -1.11. The van der Waals surface area contributed by atoms with Gasteiger partial charge in [0.25, 0.3) is 0 Å². The molecule has 0 aliphatic heterocycles. The Balaban J connectivity index is 1.73. The van der Waals surface area contributed by atoms with Gasteiger partial charge in [-0.05, 0) is 49.5 Å². The van der Waals surface area contributed by atoms with E-state index < -0.39 is 5.97 Å². The van der Waals surface area contributed by atoms with Crippen molar-refractivity contribution < 1.29 is 25.0 Å². The van der Waals surface area contributed by atoms with Gasteiger partial charge in [-0.1, -0.05) is 19.8 Å². The van der Waals surface area contributed by atoms with Crippen LogP contribution in [-0.2, 0) is 9.63 Å². The highest BCUT2D eigenvalue weighted by Crippen LogP contribution is 2.50. The average Bonchev–Trinajstić information content (AvgIpc) is 2.74. The van der Waals surface area contributed by atoms with Crippen LogP contribution in [-0.4, -0.2) is 40.1 Å². The summed E-state index contributed by atoms with van der Waals surface area (Å²) in [5, 5.41) is 28.8. The Morgan fingerprint density at radius 1 is 1.39 bits per heavy atom. The van der Waals surface area contributed by atoms with Crippen LogP contribution in [0.4, 0.5) is 0 Å². The molecule has 0 spiro atoms. The Morgan fingerprint density at radius 2 is 2.17 bits per heavy atom. The molecule has 2 rings (SSSR count). The number of aliphatic carboxylic acids is 1. The number of aliphatic hydroxyl groups excluding tert-OH is 2. The highest BCUT2D eigenvalue weighted by Gasteiger charge is 2.45. The third-order valence-corrected chi connectivity index (χ3v) is 5.04. The maximum absolute atomic E-state index is 10.4. The molecule has 0 saturated heterocycles. The summed E-state index contributed by atoms with van der Waals surface area (Å²) >= 11 is 0. The number of allylic oxidation sites excluding steroid dienone is 1. The first-order valence-corrected chi connectivity index (χ1v) is 8.70. The largest absolute Gasteiger partial charge is 0.481 e. The van der Waals surface area contributed by atoms with Gasteiger partial charge in [-0.25, -0.2) is 0 Å². The lowest BCUT2D eigenvalue weighted by Gasteiger charge is -2.32. The summed E-state index contributed by atoms with van der Waals surface area (Å²) in [6.07, 6.45) is 5.47. The molecule has 132 valence electrons. The van der Waals surface area contributed by atoms with E-state index in [0.717, 1.165) is 44.2 Å². The van der Waals surface area contributed by atoms with Gasteiger partial charge in [-0.3, -0.25) is 15.1 Å². The van der Waals surface area contributed by atoms with Crippen molar-refractivity contribution in [2.45, 2.75) is 70.5 Å². The number of unbranched alkanes of at least 4 members (excludes halogenated alkanes) is 1. The van der Waals surface area contributed by atoms with Crippen LogP contribution < -0.4 is 5.48 Å². The molecule has 1 saturated carbocycles. The average molecular weight is 327 g/mol. The van der Waals surface area contributed by atoms with Crippen molar-refractivity contribution in [3.8, 4) is 0 Å². The summed E-state index contributed by atoms with van der Waals surface area (Å²) in [5.41, 5.74) is 5.04. The fourth-order valence-electron chi connectivity index (χ4n) is 3.64. The van der Waals surface area contributed by atoms with Gasteiger partial charge in [0.2, 0.25) is 0 Å². The van der Waals surface area contributed by atoms with Crippen LogP contribution in [0.3, 0.4) is 0 Å². The molecule has 0 amide bonds. The number of hydrogen-bond donors (Lipinski definition) is 4. The number of hydroxylamine groups is 1. The summed E-state index contributed by atoms with van der Waals surface area (Å²) in [7, 11) is 0. The summed E-state index contributed by atoms with van der Waals surface area (Å²) in [6.45, 7) is 2.25. The lowest BCUT2D eigenvalue weighted by Crippen LogP contribution is -2.31. The van der Waals surface area contributed by atoms with Crippen LogP contribution in [0.5, 0.6) is 0 Å². The molecule has 4 N–H and O–H groups in total. The SMILES string of the molecule is CCCCC(O)CCC1C(O)CC2=C(NOCCC(=O)O)CC21. The van der Waals surface area contributed by atoms with Crippen molar-refractivity contribution in [1.29, 1.82) is 0 Å². The third kappa shape index (κ3) is 4.93. The third-order valence-electron chi connectivity index (χ3n) is 5.04. The molecule has 6 heteroatoms. The molecule has 0 bridgehead atoms. The molecule has 0 aromatic rings. The maximum atomic E-state index is 10.4. The molecule has 2 aliphatic rings. The summed E-state index contributed by atoms with van der Waals surface area (Å²) in [5.74, 6) is -0.270. The van der Waals surface area contributed by atoms with Gasteiger partial charge in [-0.2, -0.15) is 0 Å². The van der Waals surface area contributed by atoms with Crippen LogP contribution in [0.25, 0.3) is 0 Å². The molecular formula is C17H29NO5. The monoisotopic (exact) mass is 327 g/mol. The van der Waals surface area contributed by atoms with E-state index >= 15 is 0 Å². The van der Waals surface area contributed by atoms with E-state index in [4.69, 9.17) is 9.94 Å². The number of carbonyl (C=O) groups is 1. The Kier molecular flexibility index (Phi) is 6.87. The number of fused-ring (bicyclic) bond motifs is 1. The van der Waals surface area contributed by atoms with E-state index in [1.807, 2.05) is 0 Å². The van der Waals surface area contributed by atoms with Crippen molar-refractivity contribution in [2.24, 2.45) is 11.8 Å². The first-order chi connectivity index (χ1) is 11.0. The fourth-order valence-corrected chi connectivity index (χ4v) is 3.64. The van der Waals surface area contributed by atoms with Crippen molar-refractivity contribution >= 4 is 5.97 Å². The molecule has 6 nitrogen and oxygen atoms in total. The normalized spacial score (nSPS) is 27.5. The van der Waals surface area contributed by atoms with E-state index in [1.165, 1.54) is 5.57 Å². The van der Waals surface area contributed by atoms with Gasteiger partial charge in [0.05, 0.1) is 25.2 Å². The Labute approximate surface area is 137 Å². The maximum Gasteiger partial charge on any atom is 0.305 e. The van der Waals surface area contributed by atoms with E-state index in [0.29, 0.717) is 12.3 Å². The van der Waals surface area contributed by atoms with Crippen molar-refractivity contribution in [3.63, 3.8) is 0 Å². The minimum atomic E-state index is -0.881. The summed E-state index contributed by atoms with van der Waals surface area (Å²) < 4.78 is 0. The number of nitrogens with one attached hydrogen (secondary N) is 1. The molecule has 4 unspecified atom stereocenters. The quantitative estimate of drug-likeness (QED) is 0.342. The van der Waals surface area contributed by atoms with Crippen molar-refractivity contribution in [3.05, 3.63) is 11.3 Å². The van der Waals surface area contributed by atoms with E-state index in [2.05, 4.69) is 12.4 Å². The molecule has 0 heterocycles. The molecule has 23 heavy (non-hydrogen) atoms. The molecule has 0 radical (unpaired) electrons. The lowest BCUT2D eigenvalue weighted by atomic mass is 9.77. The second kappa shape index (κ2) is 8.66. The van der Waals surface area contributed by atoms with Crippen LogP contribution >= 0.6 is 0 Å². The van der Waals surface area contributed by atoms with Gasteiger partial charge >= 0.3 is 5.97 Å². The second-order valence-electron chi connectivity index (χ2n) is 6.72. The van der Waals surface area contributed by atoms with E-state index in [1.54, 1.807) is 0 Å². The first kappa shape index (κ1) is 18.2. The molecular weight excluding hydrogens is 298 g/mol. The minimum absolute atomic E-state index is 0.0278. The number of carboxylic acids is 1. The van der Waals surface area contributed by atoms with Crippen molar-refractivity contribution in [2.75, 3.05) is 6.61 Å². The van der Waals surface area contributed by atoms with Crippen LogP contribution in [0.1, 0.15) is 58.3 Å². The highest BCUT2D eigenvalue weighted by atomic mass is 16.6. The molecule has 4 atom stereocenters. The Morgan fingerprint density at radius 3 is 2.87 bits per heavy atom. The molecule has 2 aliphatic carbocycles. The van der Waals surface area contributed by atoms with Gasteiger partial charge in [0.15, 0.2) is 0 Å². The predicted molar refractivity (Wildman–Crippen MR) is 85.4 cm³/mol. The number of aliphatic hydroxyl groups is 2. The molecule has 1 fully saturated rings. The summed E-state index contributed by atoms with van der Waals surface area (Å²) in [4.78, 5) is 15.6. The number of hydrogen-bond acceptors (Lipinski definition) is 5. The first-order valence-electron chi connectivity index (χ1n) is 8.70. The topological polar surface area (TPSA) is 99.0 Å². The lowest BCUT2D eigenvalue weighted by molar-refractivity contribution is -0.138. The standard InChI is InChI=1S/C17H29NO5/c1-2-3-4-11(19)5-6-12-13-9-15(14(13)10-16(12)20)18-23-8-7-17(21)22/h11-13,16,18-20H,2-10H2,1H3,(H,21,22).